The number of anilines is 2. The van der Waals surface area contributed by atoms with Crippen molar-refractivity contribution in [2.45, 2.75) is 45.9 Å². The number of fused-ring (bicyclic) bond motifs is 1. The van der Waals surface area contributed by atoms with Crippen molar-refractivity contribution in [3.63, 3.8) is 0 Å². The highest BCUT2D eigenvalue weighted by Crippen LogP contribution is 2.37. The number of nitrogens with zero attached hydrogens (tertiary/aromatic N) is 2. The molecule has 0 aromatic heterocycles. The van der Waals surface area contributed by atoms with Gasteiger partial charge in [-0.15, -0.1) is 0 Å². The number of hydrogen-bond acceptors (Lipinski definition) is 6. The Bertz CT molecular complexity index is 1180. The van der Waals surface area contributed by atoms with Gasteiger partial charge >= 0.3 is 0 Å². The molecule has 2 aromatic rings. The predicted octanol–water partition coefficient (Wildman–Crippen LogP) is 3.94. The molecule has 2 aromatic carbocycles. The molecule has 2 atom stereocenters. The number of carbonyl (C=O) groups excluding carboxylic acids is 1. The Morgan fingerprint density at radius 2 is 1.59 bits per heavy atom. The van der Waals surface area contributed by atoms with Crippen molar-refractivity contribution in [3.8, 4) is 0 Å². The van der Waals surface area contributed by atoms with E-state index < -0.39 is 9.84 Å². The minimum absolute atomic E-state index is 0.0759. The lowest BCUT2D eigenvalue weighted by molar-refractivity contribution is -0.114. The van der Waals surface area contributed by atoms with E-state index in [1.165, 1.54) is 11.8 Å². The van der Waals surface area contributed by atoms with Gasteiger partial charge in [-0.2, -0.15) is 0 Å². The number of carbonyl (C=O) groups is 1. The average Bonchev–Trinajstić information content (AvgIpc) is 3.15. The molecule has 2 aliphatic rings. The van der Waals surface area contributed by atoms with E-state index >= 15 is 0 Å². The van der Waals surface area contributed by atoms with Crippen molar-refractivity contribution >= 4 is 44.0 Å². The maximum atomic E-state index is 13.1. The second-order valence-corrected chi connectivity index (χ2v) is 12.3. The molecule has 0 bridgehead atoms. The van der Waals surface area contributed by atoms with E-state index in [-0.39, 0.29) is 35.2 Å². The van der Waals surface area contributed by atoms with Crippen LogP contribution in [0.3, 0.4) is 0 Å². The number of amidine groups is 1. The third-order valence-corrected chi connectivity index (χ3v) is 9.04. The summed E-state index contributed by atoms with van der Waals surface area (Å²) in [5, 5.41) is 3.72. The number of hydrogen-bond donors (Lipinski definition) is 1. The van der Waals surface area contributed by atoms with Crippen LogP contribution in [0.2, 0.25) is 0 Å². The first-order chi connectivity index (χ1) is 15.0. The summed E-state index contributed by atoms with van der Waals surface area (Å²) in [4.78, 5) is 19.8. The highest BCUT2D eigenvalue weighted by Gasteiger charge is 2.44. The van der Waals surface area contributed by atoms with Crippen molar-refractivity contribution in [1.82, 2.24) is 0 Å². The number of aryl methyl sites for hydroxylation is 5. The Hall–Kier alpha value is -2.32. The van der Waals surface area contributed by atoms with Crippen LogP contribution in [-0.2, 0) is 14.6 Å². The van der Waals surface area contributed by atoms with Crippen LogP contribution in [0, 0.1) is 34.6 Å². The van der Waals surface area contributed by atoms with E-state index in [9.17, 15) is 13.2 Å². The van der Waals surface area contributed by atoms with Gasteiger partial charge in [-0.25, -0.2) is 8.42 Å². The summed E-state index contributed by atoms with van der Waals surface area (Å²) >= 11 is 1.47. The second kappa shape index (κ2) is 8.56. The first-order valence-corrected chi connectivity index (χ1v) is 13.4. The summed E-state index contributed by atoms with van der Waals surface area (Å²) in [5.74, 6) is 0.0967. The molecule has 1 fully saturated rings. The van der Waals surface area contributed by atoms with Crippen LogP contribution in [0.4, 0.5) is 11.4 Å². The normalized spacial score (nSPS) is 21.2. The van der Waals surface area contributed by atoms with Gasteiger partial charge in [0.05, 0.1) is 17.5 Å². The Labute approximate surface area is 194 Å². The molecule has 2 unspecified atom stereocenters. The fraction of sp³-hybridized carbons (Fsp3) is 0.417. The highest BCUT2D eigenvalue weighted by molar-refractivity contribution is 8.15. The number of rotatable bonds is 4. The van der Waals surface area contributed by atoms with Crippen molar-refractivity contribution in [2.75, 3.05) is 28.3 Å². The van der Waals surface area contributed by atoms with E-state index in [4.69, 9.17) is 4.99 Å². The summed E-state index contributed by atoms with van der Waals surface area (Å²) < 4.78 is 24.0. The number of sulfone groups is 1. The number of thioether (sulfide) groups is 1. The van der Waals surface area contributed by atoms with Crippen LogP contribution in [0.15, 0.2) is 35.3 Å². The van der Waals surface area contributed by atoms with Crippen molar-refractivity contribution < 1.29 is 13.2 Å². The molecule has 1 amide bonds. The topological polar surface area (TPSA) is 78.8 Å². The fourth-order valence-electron chi connectivity index (χ4n) is 4.55. The van der Waals surface area contributed by atoms with Crippen LogP contribution < -0.4 is 10.2 Å². The summed E-state index contributed by atoms with van der Waals surface area (Å²) in [7, 11) is -3.04. The summed E-state index contributed by atoms with van der Waals surface area (Å²) in [6.07, 6.45) is 0. The maximum Gasteiger partial charge on any atom is 0.244 e. The molecule has 0 aliphatic carbocycles. The summed E-state index contributed by atoms with van der Waals surface area (Å²) in [5.41, 5.74) is 7.15. The van der Waals surface area contributed by atoms with E-state index in [0.29, 0.717) is 5.17 Å². The van der Waals surface area contributed by atoms with Gasteiger partial charge in [-0.3, -0.25) is 9.79 Å². The Balaban J connectivity index is 1.63. The fourth-order valence-corrected chi connectivity index (χ4v) is 8.33. The zero-order valence-electron chi connectivity index (χ0n) is 19.1. The van der Waals surface area contributed by atoms with Crippen LogP contribution in [0.5, 0.6) is 0 Å². The molecule has 4 rings (SSSR count). The molecular weight excluding hydrogens is 442 g/mol. The van der Waals surface area contributed by atoms with Gasteiger partial charge in [-0.05, 0) is 69.0 Å². The van der Waals surface area contributed by atoms with Gasteiger partial charge in [0.1, 0.15) is 6.54 Å². The van der Waals surface area contributed by atoms with E-state index in [1.807, 2.05) is 51.7 Å². The van der Waals surface area contributed by atoms with Gasteiger partial charge < -0.3 is 10.2 Å². The Kier molecular flexibility index (Phi) is 6.11. The lowest BCUT2D eigenvalue weighted by Gasteiger charge is -2.25. The van der Waals surface area contributed by atoms with Gasteiger partial charge in [0.2, 0.25) is 5.91 Å². The third kappa shape index (κ3) is 4.86. The number of benzene rings is 2. The molecule has 2 aliphatic heterocycles. The minimum atomic E-state index is -3.04. The SMILES string of the molecule is Cc1cc(C)cc(N(CC(=O)Nc2c(C)cc(C)cc2C)C2=NC3CS(=O)(=O)CC3S2)c1. The van der Waals surface area contributed by atoms with E-state index in [0.717, 1.165) is 39.2 Å². The molecule has 0 spiro atoms. The molecule has 32 heavy (non-hydrogen) atoms. The zero-order chi connectivity index (χ0) is 23.2. The van der Waals surface area contributed by atoms with Crippen LogP contribution in [0.1, 0.15) is 27.8 Å². The van der Waals surface area contributed by atoms with Gasteiger partial charge in [-0.1, -0.05) is 35.5 Å². The monoisotopic (exact) mass is 471 g/mol. The summed E-state index contributed by atoms with van der Waals surface area (Å²) in [6, 6.07) is 10.0. The maximum absolute atomic E-state index is 13.1. The number of aliphatic imine (C=N–C) groups is 1. The molecule has 1 saturated heterocycles. The van der Waals surface area contributed by atoms with Crippen LogP contribution in [-0.4, -0.2) is 48.8 Å². The molecule has 0 saturated carbocycles. The molecule has 8 heteroatoms. The summed E-state index contributed by atoms with van der Waals surface area (Å²) in [6.45, 7) is 10.2. The predicted molar refractivity (Wildman–Crippen MR) is 134 cm³/mol. The third-order valence-electron chi connectivity index (χ3n) is 5.80. The smallest absolute Gasteiger partial charge is 0.244 e. The van der Waals surface area contributed by atoms with Gasteiger partial charge in [0, 0.05) is 16.6 Å². The largest absolute Gasteiger partial charge is 0.324 e. The second-order valence-electron chi connectivity index (χ2n) is 8.97. The molecule has 0 radical (unpaired) electrons. The minimum Gasteiger partial charge on any atom is -0.324 e. The van der Waals surface area contributed by atoms with Crippen LogP contribution in [0.25, 0.3) is 0 Å². The van der Waals surface area contributed by atoms with Crippen molar-refractivity contribution in [1.29, 1.82) is 0 Å². The Morgan fingerprint density at radius 3 is 2.19 bits per heavy atom. The average molecular weight is 472 g/mol. The first kappa shape index (κ1) is 22.9. The lowest BCUT2D eigenvalue weighted by atomic mass is 10.1. The highest BCUT2D eigenvalue weighted by atomic mass is 32.2. The first-order valence-electron chi connectivity index (χ1n) is 10.7. The Morgan fingerprint density at radius 1 is 1.00 bits per heavy atom. The number of nitrogens with one attached hydrogen (secondary N) is 1. The van der Waals surface area contributed by atoms with Gasteiger partial charge in [0.25, 0.3) is 0 Å². The lowest BCUT2D eigenvalue weighted by Crippen LogP contribution is -2.37. The van der Waals surface area contributed by atoms with E-state index in [1.54, 1.807) is 0 Å². The standard InChI is InChI=1S/C24H29N3O3S2/c1-14-6-15(2)10-19(9-14)27(24-25-20-12-32(29,30)13-21(20)31-24)11-22(28)26-23-17(4)7-16(3)8-18(23)5/h6-10,20-21H,11-13H2,1-5H3,(H,26,28). The molecule has 170 valence electrons. The molecule has 6 nitrogen and oxygen atoms in total. The quantitative estimate of drug-likeness (QED) is 0.731. The van der Waals surface area contributed by atoms with Crippen LogP contribution >= 0.6 is 11.8 Å². The molecule has 2 heterocycles. The van der Waals surface area contributed by atoms with E-state index in [2.05, 4.69) is 23.5 Å². The van der Waals surface area contributed by atoms with Gasteiger partial charge in [0.15, 0.2) is 15.0 Å². The molecular formula is C24H29N3O3S2. The zero-order valence-corrected chi connectivity index (χ0v) is 20.7. The van der Waals surface area contributed by atoms with Crippen molar-refractivity contribution in [3.05, 3.63) is 58.1 Å². The number of amides is 1. The van der Waals surface area contributed by atoms with Crippen molar-refractivity contribution in [2.24, 2.45) is 4.99 Å². The molecule has 1 N–H and O–H groups in total.